The van der Waals surface area contributed by atoms with E-state index in [1.807, 2.05) is 36.1 Å². The monoisotopic (exact) mass is 391 g/mol. The van der Waals surface area contributed by atoms with Crippen molar-refractivity contribution in [2.45, 2.75) is 56.1 Å². The molecule has 1 aromatic carbocycles. The first-order valence-electron chi connectivity index (χ1n) is 9.55. The molecule has 148 valence electrons. The number of nitrogens with zero attached hydrogens (tertiary/aromatic N) is 1. The standard InChI is InChI=1S/C20H29N3O3S/c1-15(27-18-9-7-17(8-10-18)22-16(2)24)20(26)21-12-11-19(25)23-13-5-3-4-6-14-23/h7-10,15H,3-6,11-14H2,1-2H3,(H,21,26)(H,22,24). The number of hydrogen-bond donors (Lipinski definition) is 2. The van der Waals surface area contributed by atoms with Crippen LogP contribution in [0.3, 0.4) is 0 Å². The number of rotatable bonds is 7. The second-order valence-electron chi connectivity index (χ2n) is 6.80. The van der Waals surface area contributed by atoms with E-state index in [2.05, 4.69) is 10.6 Å². The van der Waals surface area contributed by atoms with Crippen LogP contribution in [0.1, 0.15) is 46.0 Å². The third kappa shape index (κ3) is 7.62. The number of nitrogens with one attached hydrogen (secondary N) is 2. The van der Waals surface area contributed by atoms with Crippen molar-refractivity contribution in [3.8, 4) is 0 Å². The Labute approximate surface area is 165 Å². The molecular weight excluding hydrogens is 362 g/mol. The average molecular weight is 392 g/mol. The summed E-state index contributed by atoms with van der Waals surface area (Å²) < 4.78 is 0. The number of thioether (sulfide) groups is 1. The lowest BCUT2D eigenvalue weighted by Gasteiger charge is -2.20. The van der Waals surface area contributed by atoms with Gasteiger partial charge in [-0.25, -0.2) is 0 Å². The molecule has 1 fully saturated rings. The maximum atomic E-state index is 12.3. The Balaban J connectivity index is 1.71. The molecule has 1 saturated heterocycles. The van der Waals surface area contributed by atoms with Crippen LogP contribution >= 0.6 is 11.8 Å². The maximum Gasteiger partial charge on any atom is 0.233 e. The topological polar surface area (TPSA) is 78.5 Å². The number of carbonyl (C=O) groups excluding carboxylic acids is 3. The maximum absolute atomic E-state index is 12.3. The highest BCUT2D eigenvalue weighted by atomic mass is 32.2. The van der Waals surface area contributed by atoms with E-state index < -0.39 is 0 Å². The van der Waals surface area contributed by atoms with E-state index >= 15 is 0 Å². The fourth-order valence-corrected chi connectivity index (χ4v) is 3.88. The van der Waals surface area contributed by atoms with Gasteiger partial charge in [-0.3, -0.25) is 14.4 Å². The van der Waals surface area contributed by atoms with E-state index in [1.165, 1.54) is 31.5 Å². The number of carbonyl (C=O) groups is 3. The summed E-state index contributed by atoms with van der Waals surface area (Å²) in [6.45, 7) is 5.37. The van der Waals surface area contributed by atoms with Crippen LogP contribution in [0.4, 0.5) is 5.69 Å². The minimum Gasteiger partial charge on any atom is -0.355 e. The summed E-state index contributed by atoms with van der Waals surface area (Å²) in [5.41, 5.74) is 0.732. The van der Waals surface area contributed by atoms with Crippen molar-refractivity contribution >= 4 is 35.2 Å². The van der Waals surface area contributed by atoms with Crippen molar-refractivity contribution in [3.05, 3.63) is 24.3 Å². The second kappa shape index (κ2) is 11.0. The molecule has 2 rings (SSSR count). The predicted octanol–water partition coefficient (Wildman–Crippen LogP) is 3.03. The molecule has 6 nitrogen and oxygen atoms in total. The molecule has 0 saturated carbocycles. The van der Waals surface area contributed by atoms with Crippen LogP contribution in [0.2, 0.25) is 0 Å². The Hall–Kier alpha value is -2.02. The first-order chi connectivity index (χ1) is 13.0. The molecule has 0 bridgehead atoms. The zero-order chi connectivity index (χ0) is 19.6. The third-order valence-corrected chi connectivity index (χ3v) is 5.57. The van der Waals surface area contributed by atoms with Crippen LogP contribution in [-0.2, 0) is 14.4 Å². The van der Waals surface area contributed by atoms with Gasteiger partial charge in [0.05, 0.1) is 5.25 Å². The third-order valence-electron chi connectivity index (χ3n) is 4.45. The van der Waals surface area contributed by atoms with Crippen LogP contribution in [0.15, 0.2) is 29.2 Å². The largest absolute Gasteiger partial charge is 0.355 e. The molecular formula is C20H29N3O3S. The Bertz CT molecular complexity index is 640. The second-order valence-corrected chi connectivity index (χ2v) is 8.22. The van der Waals surface area contributed by atoms with E-state index in [4.69, 9.17) is 0 Å². The molecule has 1 aliphatic rings. The number of hydrogen-bond acceptors (Lipinski definition) is 4. The lowest BCUT2D eigenvalue weighted by atomic mass is 10.2. The molecule has 7 heteroatoms. The first-order valence-corrected chi connectivity index (χ1v) is 10.4. The molecule has 0 spiro atoms. The molecule has 2 N–H and O–H groups in total. The summed E-state index contributed by atoms with van der Waals surface area (Å²) in [6.07, 6.45) is 4.90. The van der Waals surface area contributed by atoms with Crippen LogP contribution in [0.25, 0.3) is 0 Å². The lowest BCUT2D eigenvalue weighted by Crippen LogP contribution is -2.37. The summed E-state index contributed by atoms with van der Waals surface area (Å²) in [4.78, 5) is 38.4. The van der Waals surface area contributed by atoms with Crippen LogP contribution in [-0.4, -0.2) is 47.5 Å². The van der Waals surface area contributed by atoms with E-state index in [9.17, 15) is 14.4 Å². The van der Waals surface area contributed by atoms with E-state index in [-0.39, 0.29) is 23.0 Å². The summed E-state index contributed by atoms with van der Waals surface area (Å²) in [5, 5.41) is 5.32. The van der Waals surface area contributed by atoms with E-state index in [0.29, 0.717) is 13.0 Å². The summed E-state index contributed by atoms with van der Waals surface area (Å²) in [5.74, 6) is -0.0569. The number of benzene rings is 1. The van der Waals surface area contributed by atoms with Crippen LogP contribution < -0.4 is 10.6 Å². The van der Waals surface area contributed by atoms with Crippen molar-refractivity contribution in [2.24, 2.45) is 0 Å². The molecule has 3 amide bonds. The first kappa shape index (κ1) is 21.3. The van der Waals surface area contributed by atoms with Gasteiger partial charge in [-0.1, -0.05) is 12.8 Å². The Morgan fingerprint density at radius 2 is 1.70 bits per heavy atom. The van der Waals surface area contributed by atoms with Crippen molar-refractivity contribution in [1.82, 2.24) is 10.2 Å². The number of likely N-dealkylation sites (tertiary alicyclic amines) is 1. The molecule has 27 heavy (non-hydrogen) atoms. The summed E-state index contributed by atoms with van der Waals surface area (Å²) >= 11 is 1.45. The van der Waals surface area contributed by atoms with Gasteiger partial charge in [-0.05, 0) is 44.0 Å². The smallest absolute Gasteiger partial charge is 0.233 e. The van der Waals surface area contributed by atoms with Gasteiger partial charge in [-0.15, -0.1) is 11.8 Å². The zero-order valence-corrected chi connectivity index (χ0v) is 16.9. The van der Waals surface area contributed by atoms with E-state index in [0.717, 1.165) is 36.5 Å². The van der Waals surface area contributed by atoms with Gasteiger partial charge in [0.15, 0.2) is 0 Å². The number of amides is 3. The molecule has 1 aromatic rings. The highest BCUT2D eigenvalue weighted by Gasteiger charge is 2.17. The van der Waals surface area contributed by atoms with E-state index in [1.54, 1.807) is 0 Å². The fraction of sp³-hybridized carbons (Fsp3) is 0.550. The summed E-state index contributed by atoms with van der Waals surface area (Å²) in [6, 6.07) is 7.38. The average Bonchev–Trinajstić information content (AvgIpc) is 2.92. The molecule has 1 aliphatic heterocycles. The highest BCUT2D eigenvalue weighted by molar-refractivity contribution is 8.00. The summed E-state index contributed by atoms with van der Waals surface area (Å²) in [7, 11) is 0. The van der Waals surface area contributed by atoms with Gasteiger partial charge >= 0.3 is 0 Å². The predicted molar refractivity (Wildman–Crippen MR) is 109 cm³/mol. The normalized spacial score (nSPS) is 15.6. The Kier molecular flexibility index (Phi) is 8.64. The lowest BCUT2D eigenvalue weighted by molar-refractivity contribution is -0.131. The van der Waals surface area contributed by atoms with Gasteiger partial charge < -0.3 is 15.5 Å². The minimum atomic E-state index is -0.259. The molecule has 0 aliphatic carbocycles. The van der Waals surface area contributed by atoms with Crippen molar-refractivity contribution in [1.29, 1.82) is 0 Å². The molecule has 1 unspecified atom stereocenters. The van der Waals surface area contributed by atoms with Crippen molar-refractivity contribution in [2.75, 3.05) is 25.0 Å². The molecule has 1 atom stereocenters. The van der Waals surface area contributed by atoms with Gasteiger partial charge in [0.25, 0.3) is 0 Å². The van der Waals surface area contributed by atoms with Gasteiger partial charge in [0.2, 0.25) is 17.7 Å². The quantitative estimate of drug-likeness (QED) is 0.700. The SMILES string of the molecule is CC(=O)Nc1ccc(SC(C)C(=O)NCCC(=O)N2CCCCCC2)cc1. The number of anilines is 1. The van der Waals surface area contributed by atoms with Gasteiger partial charge in [0, 0.05) is 43.6 Å². The van der Waals surface area contributed by atoms with Crippen molar-refractivity contribution < 1.29 is 14.4 Å². The van der Waals surface area contributed by atoms with Crippen LogP contribution in [0, 0.1) is 0 Å². The fourth-order valence-electron chi connectivity index (χ4n) is 2.99. The highest BCUT2D eigenvalue weighted by Crippen LogP contribution is 2.24. The zero-order valence-electron chi connectivity index (χ0n) is 16.1. The molecule has 0 aromatic heterocycles. The van der Waals surface area contributed by atoms with Crippen molar-refractivity contribution in [3.63, 3.8) is 0 Å². The molecule has 1 heterocycles. The van der Waals surface area contributed by atoms with Gasteiger partial charge in [0.1, 0.15) is 0 Å². The minimum absolute atomic E-state index is 0.0744. The Morgan fingerprint density at radius 1 is 1.07 bits per heavy atom. The molecule has 0 radical (unpaired) electrons. The van der Waals surface area contributed by atoms with Gasteiger partial charge in [-0.2, -0.15) is 0 Å². The van der Waals surface area contributed by atoms with Crippen LogP contribution in [0.5, 0.6) is 0 Å². The Morgan fingerprint density at radius 3 is 2.30 bits per heavy atom.